The van der Waals surface area contributed by atoms with Crippen LogP contribution < -0.4 is 20.4 Å². The Labute approximate surface area is 247 Å². The second-order valence-corrected chi connectivity index (χ2v) is 14.9. The minimum absolute atomic E-state index is 0.0342. The van der Waals surface area contributed by atoms with Gasteiger partial charge in [0.25, 0.3) is 5.91 Å². The predicted octanol–water partition coefficient (Wildman–Crippen LogP) is 1.28. The van der Waals surface area contributed by atoms with Crippen LogP contribution in [0.3, 0.4) is 0 Å². The maximum absolute atomic E-state index is 13.1. The monoisotopic (exact) mass is 581 g/mol. The molecule has 1 aliphatic heterocycles. The number of hydrogen-bond donors (Lipinski definition) is 5. The lowest BCUT2D eigenvalue weighted by atomic mass is 9.53. The van der Waals surface area contributed by atoms with Crippen LogP contribution in [0.4, 0.5) is 5.13 Å². The molecule has 2 saturated carbocycles. The summed E-state index contributed by atoms with van der Waals surface area (Å²) in [5.74, 6) is -0.213. The van der Waals surface area contributed by atoms with Crippen molar-refractivity contribution in [2.75, 3.05) is 38.5 Å². The van der Waals surface area contributed by atoms with E-state index in [0.717, 1.165) is 44.3 Å². The molecule has 6 rings (SSSR count). The fraction of sp³-hybridized carbons (Fsp3) is 0.656. The van der Waals surface area contributed by atoms with Crippen molar-refractivity contribution < 1.29 is 24.5 Å². The number of amides is 2. The van der Waals surface area contributed by atoms with Crippen molar-refractivity contribution in [2.45, 2.75) is 77.5 Å². The number of hydrogen-bond acceptors (Lipinski definition) is 5. The molecule has 3 fully saturated rings. The smallest absolute Gasteiger partial charge is 0.257 e. The van der Waals surface area contributed by atoms with Crippen LogP contribution in [0.5, 0.6) is 0 Å². The van der Waals surface area contributed by atoms with E-state index >= 15 is 0 Å². The average molecular weight is 582 g/mol. The Morgan fingerprint density at radius 3 is 2.54 bits per heavy atom. The molecular formula is C32H47N5O3S+2. The van der Waals surface area contributed by atoms with E-state index in [1.807, 2.05) is 19.1 Å². The zero-order chi connectivity index (χ0) is 28.9. The van der Waals surface area contributed by atoms with Crippen molar-refractivity contribution in [3.05, 3.63) is 46.0 Å². The van der Waals surface area contributed by atoms with Gasteiger partial charge in [-0.05, 0) is 61.5 Å². The Balaban J connectivity index is 1.11. The summed E-state index contributed by atoms with van der Waals surface area (Å²) in [6.07, 6.45) is 4.27. The molecule has 2 aromatic rings. The van der Waals surface area contributed by atoms with Crippen LogP contribution in [0.25, 0.3) is 0 Å². The number of carbonyl (C=O) groups is 2. The number of likely N-dealkylation sites (N-methyl/N-ethyl adjacent to an activating group) is 1. The number of anilines is 1. The second kappa shape index (κ2) is 11.4. The molecular weight excluding hydrogens is 534 g/mol. The number of rotatable bonds is 7. The lowest BCUT2D eigenvalue weighted by molar-refractivity contribution is -1.01. The third-order valence-corrected chi connectivity index (χ3v) is 11.6. The van der Waals surface area contributed by atoms with Crippen molar-refractivity contribution in [2.24, 2.45) is 23.2 Å². The van der Waals surface area contributed by atoms with E-state index in [-0.39, 0.29) is 40.9 Å². The highest BCUT2D eigenvalue weighted by molar-refractivity contribution is 7.15. The zero-order valence-electron chi connectivity index (χ0n) is 25.0. The van der Waals surface area contributed by atoms with E-state index in [0.29, 0.717) is 16.7 Å². The van der Waals surface area contributed by atoms with E-state index in [4.69, 9.17) is 4.98 Å². The van der Waals surface area contributed by atoms with Crippen molar-refractivity contribution in [1.82, 2.24) is 10.3 Å². The van der Waals surface area contributed by atoms with Crippen molar-refractivity contribution in [3.8, 4) is 0 Å². The summed E-state index contributed by atoms with van der Waals surface area (Å²) in [4.78, 5) is 35.3. The van der Waals surface area contributed by atoms with E-state index in [1.54, 1.807) is 21.1 Å². The first-order chi connectivity index (χ1) is 19.6. The van der Waals surface area contributed by atoms with Crippen molar-refractivity contribution in [3.63, 3.8) is 0 Å². The Bertz CT molecular complexity index is 1270. The van der Waals surface area contributed by atoms with Crippen LogP contribution in [-0.4, -0.2) is 67.3 Å². The van der Waals surface area contributed by atoms with Crippen LogP contribution in [0.15, 0.2) is 24.3 Å². The zero-order valence-corrected chi connectivity index (χ0v) is 25.8. The normalized spacial score (nSPS) is 33.8. The number of aliphatic hydroxyl groups excluding tert-OH is 1. The molecule has 1 aromatic heterocycles. The quantitative estimate of drug-likeness (QED) is 0.340. The predicted molar refractivity (Wildman–Crippen MR) is 160 cm³/mol. The number of piperazine rings is 1. The van der Waals surface area contributed by atoms with Gasteiger partial charge in [0.15, 0.2) is 5.13 Å². The van der Waals surface area contributed by atoms with Gasteiger partial charge >= 0.3 is 0 Å². The molecule has 222 valence electrons. The van der Waals surface area contributed by atoms with Crippen molar-refractivity contribution >= 4 is 28.3 Å². The molecule has 41 heavy (non-hydrogen) atoms. The van der Waals surface area contributed by atoms with Gasteiger partial charge in [-0.3, -0.25) is 14.9 Å². The molecule has 0 unspecified atom stereocenters. The lowest BCUT2D eigenvalue weighted by Crippen LogP contribution is -3.26. The molecule has 1 saturated heterocycles. The molecule has 9 heteroatoms. The number of nitrogens with one attached hydrogen (secondary N) is 4. The first kappa shape index (κ1) is 28.8. The summed E-state index contributed by atoms with van der Waals surface area (Å²) >= 11 is 1.58. The SMILES string of the molecule is C[C@H](C(=O)NC1CC1)[C@H]1CC[C@]2(C)Cc3sc(NC(=O)c4ccc(C[NH+]5CC[NH+](C)CC5)cc4)nc3[C@@H](C)[C@@H]2[C@H]1O. The summed E-state index contributed by atoms with van der Waals surface area (Å²) in [6, 6.07) is 8.34. The number of aromatic nitrogens is 1. The molecule has 2 heterocycles. The van der Waals surface area contributed by atoms with Crippen LogP contribution in [0.2, 0.25) is 0 Å². The Morgan fingerprint density at radius 2 is 1.85 bits per heavy atom. The molecule has 2 amide bonds. The van der Waals surface area contributed by atoms with Gasteiger partial charge < -0.3 is 20.2 Å². The molecule has 4 aliphatic rings. The van der Waals surface area contributed by atoms with Gasteiger partial charge in [0.1, 0.15) is 32.7 Å². The van der Waals surface area contributed by atoms with E-state index in [1.165, 1.54) is 36.6 Å². The van der Waals surface area contributed by atoms with E-state index < -0.39 is 6.10 Å². The number of thiazole rings is 1. The third-order valence-electron chi connectivity index (χ3n) is 10.6. The number of benzene rings is 1. The Morgan fingerprint density at radius 1 is 1.15 bits per heavy atom. The number of nitrogens with zero attached hydrogens (tertiary/aromatic N) is 1. The summed E-state index contributed by atoms with van der Waals surface area (Å²) < 4.78 is 0. The molecule has 5 N–H and O–H groups in total. The number of fused-ring (bicyclic) bond motifs is 2. The van der Waals surface area contributed by atoms with Gasteiger partial charge in [-0.25, -0.2) is 4.98 Å². The topological polar surface area (TPSA) is 100 Å². The van der Waals surface area contributed by atoms with E-state index in [2.05, 4.69) is 43.7 Å². The average Bonchev–Trinajstić information content (AvgIpc) is 3.67. The molecule has 1 aromatic carbocycles. The third kappa shape index (κ3) is 5.96. The number of quaternary nitrogens is 2. The first-order valence-corrected chi connectivity index (χ1v) is 16.5. The summed E-state index contributed by atoms with van der Waals surface area (Å²) in [5.41, 5.74) is 2.85. The van der Waals surface area contributed by atoms with Crippen LogP contribution in [0.1, 0.15) is 78.9 Å². The molecule has 6 atom stereocenters. The number of aliphatic hydroxyl groups is 1. The summed E-state index contributed by atoms with van der Waals surface area (Å²) in [5, 5.41) is 18.5. The molecule has 0 bridgehead atoms. The van der Waals surface area contributed by atoms with Gasteiger partial charge in [-0.2, -0.15) is 0 Å². The van der Waals surface area contributed by atoms with Gasteiger partial charge in [-0.15, -0.1) is 11.3 Å². The Kier molecular flexibility index (Phi) is 8.00. The van der Waals surface area contributed by atoms with Gasteiger partial charge in [0, 0.05) is 33.9 Å². The lowest BCUT2D eigenvalue weighted by Gasteiger charge is -2.53. The summed E-state index contributed by atoms with van der Waals surface area (Å²) in [6.45, 7) is 12.2. The highest BCUT2D eigenvalue weighted by atomic mass is 32.1. The standard InChI is InChI=1S/C32H45N5O3S/c1-19(29(39)33-23-9-10-23)24-11-12-32(3)17-25-27(20(2)26(32)28(24)38)34-31(41-25)35-30(40)22-7-5-21(6-8-22)18-37-15-13-36(4)14-16-37/h5-8,19-20,23-24,26,28,38H,9-18H2,1-4H3,(H,33,39)(H,34,35,40)/p+2/t19-,20-,24+,26+,28-,32+/m0/s1. The van der Waals surface area contributed by atoms with Crippen LogP contribution >= 0.6 is 11.3 Å². The van der Waals surface area contributed by atoms with Gasteiger partial charge in [0.2, 0.25) is 5.91 Å². The molecule has 8 nitrogen and oxygen atoms in total. The fourth-order valence-electron chi connectivity index (χ4n) is 7.79. The number of carbonyl (C=O) groups excluding carboxylic acids is 2. The Hall–Kier alpha value is -2.33. The minimum Gasteiger partial charge on any atom is -0.392 e. The molecule has 0 spiro atoms. The highest BCUT2D eigenvalue weighted by Gasteiger charge is 2.54. The molecule has 3 aliphatic carbocycles. The largest absolute Gasteiger partial charge is 0.392 e. The van der Waals surface area contributed by atoms with Crippen LogP contribution in [0, 0.1) is 23.2 Å². The van der Waals surface area contributed by atoms with Gasteiger partial charge in [0.05, 0.1) is 18.8 Å². The highest BCUT2D eigenvalue weighted by Crippen LogP contribution is 2.57. The van der Waals surface area contributed by atoms with Crippen molar-refractivity contribution in [1.29, 1.82) is 0 Å². The second-order valence-electron chi connectivity index (χ2n) is 13.8. The summed E-state index contributed by atoms with van der Waals surface area (Å²) in [7, 11) is 2.26. The molecule has 0 radical (unpaired) electrons. The first-order valence-electron chi connectivity index (χ1n) is 15.6. The maximum atomic E-state index is 13.1. The maximum Gasteiger partial charge on any atom is 0.257 e. The minimum atomic E-state index is -0.552. The fourth-order valence-corrected chi connectivity index (χ4v) is 9.05. The van der Waals surface area contributed by atoms with Crippen LogP contribution in [-0.2, 0) is 17.8 Å². The van der Waals surface area contributed by atoms with E-state index in [9.17, 15) is 14.7 Å². The van der Waals surface area contributed by atoms with Gasteiger partial charge in [-0.1, -0.05) is 32.9 Å².